The fourth-order valence-corrected chi connectivity index (χ4v) is 6.03. The number of thiophene rings is 1. The molecule has 1 fully saturated rings. The number of aromatic nitrogens is 2. The van der Waals surface area contributed by atoms with E-state index in [4.69, 9.17) is 0 Å². The van der Waals surface area contributed by atoms with E-state index in [0.717, 1.165) is 55.4 Å². The first-order chi connectivity index (χ1) is 20.2. The SMILES string of the molecule is CN1CCN(Cc2ccc3c(c2)-c2c(cnn2-c2csc(C#CCNC(=O)c4cc(C(F)(F)F)ccc4F)c2)C3)CC1. The van der Waals surface area contributed by atoms with Gasteiger partial charge in [0.2, 0.25) is 0 Å². The van der Waals surface area contributed by atoms with Crippen molar-refractivity contribution in [2.24, 2.45) is 0 Å². The highest BCUT2D eigenvalue weighted by Gasteiger charge is 2.32. The molecule has 0 atom stereocenters. The Balaban J connectivity index is 1.13. The lowest BCUT2D eigenvalue weighted by Gasteiger charge is -2.32. The number of rotatable bonds is 5. The normalized spacial score (nSPS) is 15.2. The molecule has 2 aromatic heterocycles. The lowest BCUT2D eigenvalue weighted by Crippen LogP contribution is -2.43. The maximum atomic E-state index is 14.0. The number of carbonyl (C=O) groups excluding carboxylic acids is 1. The van der Waals surface area contributed by atoms with Crippen LogP contribution in [0.3, 0.4) is 0 Å². The van der Waals surface area contributed by atoms with Crippen molar-refractivity contribution in [1.82, 2.24) is 24.9 Å². The average molecular weight is 594 g/mol. The molecule has 0 radical (unpaired) electrons. The van der Waals surface area contributed by atoms with E-state index in [2.05, 4.69) is 57.3 Å². The highest BCUT2D eigenvalue weighted by atomic mass is 32.1. The number of hydrogen-bond acceptors (Lipinski definition) is 5. The number of nitrogens with one attached hydrogen (secondary N) is 1. The summed E-state index contributed by atoms with van der Waals surface area (Å²) in [4.78, 5) is 17.8. The van der Waals surface area contributed by atoms with Crippen molar-refractivity contribution in [3.8, 4) is 28.8 Å². The molecular weight excluding hydrogens is 566 g/mol. The van der Waals surface area contributed by atoms with Gasteiger partial charge in [-0.3, -0.25) is 9.69 Å². The molecule has 6 rings (SSSR count). The van der Waals surface area contributed by atoms with Crippen molar-refractivity contribution in [3.05, 3.63) is 92.6 Å². The third-order valence-electron chi connectivity index (χ3n) is 7.57. The van der Waals surface area contributed by atoms with Crippen LogP contribution in [0.4, 0.5) is 17.6 Å². The standard InChI is InChI=1S/C31H27F4N5OS/c1-38-9-11-39(12-10-38)18-20-4-5-21-14-22-17-37-40(29(22)26(21)13-20)24-16-25(42-19-24)3-2-8-36-30(41)27-15-23(31(33,34)35)6-7-28(27)32/h4-7,13,15-17,19H,8-12,14,18H2,1H3,(H,36,41). The first kappa shape index (κ1) is 28.2. The van der Waals surface area contributed by atoms with Crippen LogP contribution >= 0.6 is 11.3 Å². The predicted octanol–water partition coefficient (Wildman–Crippen LogP) is 5.19. The maximum Gasteiger partial charge on any atom is 0.416 e. The average Bonchev–Trinajstić information content (AvgIpc) is 3.67. The van der Waals surface area contributed by atoms with Crippen LogP contribution in [0.5, 0.6) is 0 Å². The summed E-state index contributed by atoms with van der Waals surface area (Å²) in [6.07, 6.45) is -1.94. The van der Waals surface area contributed by atoms with Gasteiger partial charge in [-0.15, -0.1) is 11.3 Å². The Morgan fingerprint density at radius 3 is 2.67 bits per heavy atom. The second-order valence-corrected chi connectivity index (χ2v) is 11.4. The summed E-state index contributed by atoms with van der Waals surface area (Å²) in [7, 11) is 2.15. The molecule has 0 saturated carbocycles. The minimum atomic E-state index is -4.68. The minimum absolute atomic E-state index is 0.150. The molecule has 2 aromatic carbocycles. The van der Waals surface area contributed by atoms with E-state index in [1.54, 1.807) is 0 Å². The van der Waals surface area contributed by atoms with E-state index in [1.165, 1.54) is 33.6 Å². The quantitative estimate of drug-likeness (QED) is 0.225. The summed E-state index contributed by atoms with van der Waals surface area (Å²) in [6, 6.07) is 10.4. The molecule has 1 aliphatic carbocycles. The molecule has 216 valence electrons. The van der Waals surface area contributed by atoms with E-state index in [-0.39, 0.29) is 6.54 Å². The van der Waals surface area contributed by atoms with Gasteiger partial charge in [0.25, 0.3) is 5.91 Å². The number of alkyl halides is 3. The zero-order valence-corrected chi connectivity index (χ0v) is 23.6. The summed E-state index contributed by atoms with van der Waals surface area (Å²) in [6.45, 7) is 5.03. The Kier molecular flexibility index (Phi) is 7.62. The van der Waals surface area contributed by atoms with E-state index in [9.17, 15) is 22.4 Å². The van der Waals surface area contributed by atoms with Crippen LogP contribution in [0, 0.1) is 17.7 Å². The van der Waals surface area contributed by atoms with Gasteiger partial charge in [0.15, 0.2) is 0 Å². The first-order valence-electron chi connectivity index (χ1n) is 13.5. The molecule has 1 aliphatic heterocycles. The Morgan fingerprint density at radius 2 is 1.88 bits per heavy atom. The molecule has 11 heteroatoms. The van der Waals surface area contributed by atoms with E-state index in [1.807, 2.05) is 22.3 Å². The van der Waals surface area contributed by atoms with E-state index in [0.29, 0.717) is 18.2 Å². The molecule has 0 bridgehead atoms. The number of fused-ring (bicyclic) bond motifs is 3. The van der Waals surface area contributed by atoms with Gasteiger partial charge in [-0.05, 0) is 48.5 Å². The van der Waals surface area contributed by atoms with Crippen molar-refractivity contribution in [1.29, 1.82) is 0 Å². The molecule has 0 unspecified atom stereocenters. The highest BCUT2D eigenvalue weighted by Crippen LogP contribution is 2.39. The van der Waals surface area contributed by atoms with Crippen molar-refractivity contribution in [3.63, 3.8) is 0 Å². The van der Waals surface area contributed by atoms with Crippen LogP contribution in [0.2, 0.25) is 0 Å². The maximum absolute atomic E-state index is 14.0. The first-order valence-corrected chi connectivity index (χ1v) is 14.4. The monoisotopic (exact) mass is 593 g/mol. The van der Waals surface area contributed by atoms with Gasteiger partial charge in [-0.25, -0.2) is 9.07 Å². The Hall–Kier alpha value is -3.98. The van der Waals surface area contributed by atoms with Crippen molar-refractivity contribution >= 4 is 17.2 Å². The number of likely N-dealkylation sites (N-methyl/N-ethyl adjacent to an activating group) is 1. The molecule has 4 aromatic rings. The Bertz CT molecular complexity index is 1710. The number of amides is 1. The third-order valence-corrected chi connectivity index (χ3v) is 8.41. The molecule has 2 aliphatic rings. The second kappa shape index (κ2) is 11.4. The number of benzene rings is 2. The molecule has 1 saturated heterocycles. The predicted molar refractivity (Wildman–Crippen MR) is 153 cm³/mol. The molecular formula is C31H27F4N5OS. The number of hydrogen-bond donors (Lipinski definition) is 1. The van der Waals surface area contributed by atoms with Gasteiger partial charge in [-0.2, -0.15) is 18.3 Å². The van der Waals surface area contributed by atoms with Gasteiger partial charge in [-0.1, -0.05) is 24.0 Å². The van der Waals surface area contributed by atoms with Gasteiger partial charge in [0.1, 0.15) is 5.82 Å². The van der Waals surface area contributed by atoms with Crippen molar-refractivity contribution in [2.45, 2.75) is 19.1 Å². The smallest absolute Gasteiger partial charge is 0.341 e. The van der Waals surface area contributed by atoms with Crippen molar-refractivity contribution < 1.29 is 22.4 Å². The Labute approximate surface area is 244 Å². The molecule has 42 heavy (non-hydrogen) atoms. The summed E-state index contributed by atoms with van der Waals surface area (Å²) >= 11 is 1.42. The van der Waals surface area contributed by atoms with Gasteiger partial charge >= 0.3 is 6.18 Å². The fraction of sp³-hybridized carbons (Fsp3) is 0.290. The zero-order chi connectivity index (χ0) is 29.4. The van der Waals surface area contributed by atoms with Crippen molar-refractivity contribution in [2.75, 3.05) is 39.8 Å². The molecule has 1 N–H and O–H groups in total. The van der Waals surface area contributed by atoms with Crippen LogP contribution in [0.25, 0.3) is 16.9 Å². The third kappa shape index (κ3) is 5.83. The van der Waals surface area contributed by atoms with Gasteiger partial charge in [0.05, 0.1) is 40.1 Å². The topological polar surface area (TPSA) is 53.4 Å². The van der Waals surface area contributed by atoms with Gasteiger partial charge in [0, 0.05) is 55.7 Å². The lowest BCUT2D eigenvalue weighted by atomic mass is 10.0. The number of halogens is 4. The van der Waals surface area contributed by atoms with Crippen LogP contribution in [0.15, 0.2) is 54.0 Å². The highest BCUT2D eigenvalue weighted by molar-refractivity contribution is 7.10. The summed E-state index contributed by atoms with van der Waals surface area (Å²) in [5.41, 5.74) is 5.11. The summed E-state index contributed by atoms with van der Waals surface area (Å²) in [5.74, 6) is 3.76. The molecule has 1 amide bonds. The number of nitrogens with zero attached hydrogens (tertiary/aromatic N) is 4. The Morgan fingerprint density at radius 1 is 1.07 bits per heavy atom. The molecule has 6 nitrogen and oxygen atoms in total. The van der Waals surface area contributed by atoms with Crippen LogP contribution < -0.4 is 5.32 Å². The van der Waals surface area contributed by atoms with Crippen LogP contribution in [-0.4, -0.2) is 65.3 Å². The molecule has 0 spiro atoms. The summed E-state index contributed by atoms with van der Waals surface area (Å²) in [5, 5.41) is 8.97. The van der Waals surface area contributed by atoms with Crippen LogP contribution in [0.1, 0.15) is 37.5 Å². The summed E-state index contributed by atoms with van der Waals surface area (Å²) < 4.78 is 54.7. The molecule has 3 heterocycles. The zero-order valence-electron chi connectivity index (χ0n) is 22.8. The fourth-order valence-electron chi connectivity index (χ4n) is 5.29. The lowest BCUT2D eigenvalue weighted by molar-refractivity contribution is -0.137. The number of piperazine rings is 1. The van der Waals surface area contributed by atoms with E-state index < -0.39 is 29.0 Å². The van der Waals surface area contributed by atoms with E-state index >= 15 is 0 Å². The van der Waals surface area contributed by atoms with Gasteiger partial charge < -0.3 is 10.2 Å². The van der Waals surface area contributed by atoms with Crippen LogP contribution in [-0.2, 0) is 19.1 Å². The second-order valence-electron chi connectivity index (χ2n) is 10.5. The largest absolute Gasteiger partial charge is 0.416 e. The number of carbonyl (C=O) groups is 1. The minimum Gasteiger partial charge on any atom is -0.341 e.